The summed E-state index contributed by atoms with van der Waals surface area (Å²) in [6.45, 7) is 2.06. The van der Waals surface area contributed by atoms with E-state index in [0.29, 0.717) is 6.42 Å². The fourth-order valence-corrected chi connectivity index (χ4v) is 2.11. The second kappa shape index (κ2) is 4.65. The normalized spacial score (nSPS) is 26.3. The molecule has 0 saturated heterocycles. The molecule has 15 heavy (non-hydrogen) atoms. The van der Waals surface area contributed by atoms with E-state index in [0.717, 1.165) is 24.9 Å². The second-order valence-electron chi connectivity index (χ2n) is 4.42. The van der Waals surface area contributed by atoms with Crippen molar-refractivity contribution in [3.05, 3.63) is 29.8 Å². The molecule has 0 spiro atoms. The summed E-state index contributed by atoms with van der Waals surface area (Å²) in [5.41, 5.74) is 2.27. The second-order valence-corrected chi connectivity index (χ2v) is 4.42. The van der Waals surface area contributed by atoms with Gasteiger partial charge in [-0.3, -0.25) is 0 Å². The summed E-state index contributed by atoms with van der Waals surface area (Å²) in [7, 11) is 0. The Hall–Kier alpha value is -1.05. The van der Waals surface area contributed by atoms with E-state index in [9.17, 15) is 4.39 Å². The van der Waals surface area contributed by atoms with Crippen molar-refractivity contribution in [3.63, 3.8) is 0 Å². The van der Waals surface area contributed by atoms with Crippen LogP contribution in [0, 0.1) is 6.92 Å². The summed E-state index contributed by atoms with van der Waals surface area (Å²) in [5, 5.41) is 3.28. The van der Waals surface area contributed by atoms with Crippen LogP contribution in [-0.2, 0) is 0 Å². The van der Waals surface area contributed by atoms with Crippen LogP contribution in [0.5, 0.6) is 0 Å². The molecule has 0 aliphatic heterocycles. The van der Waals surface area contributed by atoms with Crippen LogP contribution in [0.15, 0.2) is 24.3 Å². The largest absolute Gasteiger partial charge is 0.379 e. The van der Waals surface area contributed by atoms with Gasteiger partial charge in [-0.1, -0.05) is 30.5 Å². The van der Waals surface area contributed by atoms with Gasteiger partial charge in [-0.05, 0) is 31.9 Å². The van der Waals surface area contributed by atoms with Gasteiger partial charge in [0.25, 0.3) is 0 Å². The van der Waals surface area contributed by atoms with Crippen LogP contribution < -0.4 is 5.32 Å². The molecular formula is C13H18FN. The SMILES string of the molecule is Cc1ccc(N[C@@H]2CCCC[C@H]2F)cc1. The minimum absolute atomic E-state index is 0.0152. The lowest BCUT2D eigenvalue weighted by atomic mass is 9.93. The molecule has 1 aliphatic carbocycles. The Bertz CT molecular complexity index is 307. The van der Waals surface area contributed by atoms with E-state index in [-0.39, 0.29) is 6.04 Å². The first-order valence-electron chi connectivity index (χ1n) is 5.73. The molecule has 1 saturated carbocycles. The number of halogens is 1. The Balaban J connectivity index is 1.98. The van der Waals surface area contributed by atoms with Gasteiger partial charge in [0, 0.05) is 5.69 Å². The Kier molecular flexibility index (Phi) is 3.24. The van der Waals surface area contributed by atoms with Crippen LogP contribution >= 0.6 is 0 Å². The number of nitrogens with one attached hydrogen (secondary N) is 1. The van der Waals surface area contributed by atoms with Gasteiger partial charge in [0.1, 0.15) is 6.17 Å². The zero-order chi connectivity index (χ0) is 10.7. The molecule has 1 aliphatic rings. The number of rotatable bonds is 2. The van der Waals surface area contributed by atoms with Gasteiger partial charge in [0.15, 0.2) is 0 Å². The van der Waals surface area contributed by atoms with E-state index in [1.54, 1.807) is 0 Å². The molecule has 2 heteroatoms. The molecule has 0 unspecified atom stereocenters. The Morgan fingerprint density at radius 2 is 1.80 bits per heavy atom. The first kappa shape index (κ1) is 10.5. The quantitative estimate of drug-likeness (QED) is 0.780. The summed E-state index contributed by atoms with van der Waals surface area (Å²) in [6.07, 6.45) is 3.16. The average molecular weight is 207 g/mol. The third kappa shape index (κ3) is 2.71. The Labute approximate surface area is 90.7 Å². The maximum Gasteiger partial charge on any atom is 0.120 e. The highest BCUT2D eigenvalue weighted by atomic mass is 19.1. The fourth-order valence-electron chi connectivity index (χ4n) is 2.11. The van der Waals surface area contributed by atoms with Crippen molar-refractivity contribution >= 4 is 5.69 Å². The number of benzene rings is 1. The minimum Gasteiger partial charge on any atom is -0.379 e. The van der Waals surface area contributed by atoms with Crippen molar-refractivity contribution in [1.82, 2.24) is 0 Å². The van der Waals surface area contributed by atoms with Crippen molar-refractivity contribution < 1.29 is 4.39 Å². The molecule has 0 amide bonds. The lowest BCUT2D eigenvalue weighted by Crippen LogP contribution is -2.33. The summed E-state index contributed by atoms with van der Waals surface area (Å²) >= 11 is 0. The Morgan fingerprint density at radius 1 is 1.13 bits per heavy atom. The van der Waals surface area contributed by atoms with Crippen LogP contribution in [0.2, 0.25) is 0 Å². The molecule has 1 aromatic carbocycles. The van der Waals surface area contributed by atoms with Crippen LogP contribution in [-0.4, -0.2) is 12.2 Å². The van der Waals surface area contributed by atoms with Gasteiger partial charge in [0.2, 0.25) is 0 Å². The van der Waals surface area contributed by atoms with E-state index in [1.807, 2.05) is 12.1 Å². The van der Waals surface area contributed by atoms with Gasteiger partial charge >= 0.3 is 0 Å². The lowest BCUT2D eigenvalue weighted by Gasteiger charge is -2.27. The standard InChI is InChI=1S/C13H18FN/c1-10-6-8-11(9-7-10)15-13-5-3-2-4-12(13)14/h6-9,12-13,15H,2-5H2,1H3/t12-,13-/m1/s1. The van der Waals surface area contributed by atoms with E-state index in [1.165, 1.54) is 5.56 Å². The summed E-state index contributed by atoms with van der Waals surface area (Å²) in [5.74, 6) is 0. The third-order valence-electron chi connectivity index (χ3n) is 3.09. The van der Waals surface area contributed by atoms with Crippen molar-refractivity contribution in [3.8, 4) is 0 Å². The minimum atomic E-state index is -0.681. The smallest absolute Gasteiger partial charge is 0.120 e. The lowest BCUT2D eigenvalue weighted by molar-refractivity contribution is 0.230. The molecule has 1 aromatic rings. The molecule has 0 radical (unpaired) electrons. The molecule has 1 nitrogen and oxygen atoms in total. The summed E-state index contributed by atoms with van der Waals surface area (Å²) in [4.78, 5) is 0. The predicted octanol–water partition coefficient (Wildman–Crippen LogP) is 3.69. The van der Waals surface area contributed by atoms with E-state index in [2.05, 4.69) is 24.4 Å². The summed E-state index contributed by atoms with van der Waals surface area (Å²) in [6, 6.07) is 8.17. The van der Waals surface area contributed by atoms with E-state index >= 15 is 0 Å². The maximum absolute atomic E-state index is 13.6. The maximum atomic E-state index is 13.6. The van der Waals surface area contributed by atoms with Crippen molar-refractivity contribution in [1.29, 1.82) is 0 Å². The molecular weight excluding hydrogens is 189 g/mol. The van der Waals surface area contributed by atoms with Gasteiger partial charge in [-0.15, -0.1) is 0 Å². The molecule has 0 bridgehead atoms. The van der Waals surface area contributed by atoms with Crippen molar-refractivity contribution in [2.45, 2.75) is 44.8 Å². The van der Waals surface area contributed by atoms with Crippen molar-refractivity contribution in [2.24, 2.45) is 0 Å². The zero-order valence-corrected chi connectivity index (χ0v) is 9.17. The number of aryl methyl sites for hydroxylation is 1. The fraction of sp³-hybridized carbons (Fsp3) is 0.538. The predicted molar refractivity (Wildman–Crippen MR) is 62.0 cm³/mol. The highest BCUT2D eigenvalue weighted by Gasteiger charge is 2.24. The number of anilines is 1. The number of alkyl halides is 1. The number of hydrogen-bond acceptors (Lipinski definition) is 1. The van der Waals surface area contributed by atoms with Gasteiger partial charge in [-0.2, -0.15) is 0 Å². The highest BCUT2D eigenvalue weighted by Crippen LogP contribution is 2.24. The van der Waals surface area contributed by atoms with Crippen LogP contribution in [0.1, 0.15) is 31.2 Å². The van der Waals surface area contributed by atoms with Crippen LogP contribution in [0.3, 0.4) is 0 Å². The number of hydrogen-bond donors (Lipinski definition) is 1. The molecule has 1 N–H and O–H groups in total. The monoisotopic (exact) mass is 207 g/mol. The van der Waals surface area contributed by atoms with Gasteiger partial charge in [0.05, 0.1) is 6.04 Å². The third-order valence-corrected chi connectivity index (χ3v) is 3.09. The average Bonchev–Trinajstić information content (AvgIpc) is 2.25. The van der Waals surface area contributed by atoms with Gasteiger partial charge < -0.3 is 5.32 Å². The molecule has 2 rings (SSSR count). The highest BCUT2D eigenvalue weighted by molar-refractivity contribution is 5.45. The molecule has 0 aromatic heterocycles. The van der Waals surface area contributed by atoms with Crippen LogP contribution in [0.25, 0.3) is 0 Å². The molecule has 2 atom stereocenters. The zero-order valence-electron chi connectivity index (χ0n) is 9.17. The first-order valence-corrected chi connectivity index (χ1v) is 5.73. The topological polar surface area (TPSA) is 12.0 Å². The van der Waals surface area contributed by atoms with E-state index < -0.39 is 6.17 Å². The van der Waals surface area contributed by atoms with Crippen molar-refractivity contribution in [2.75, 3.05) is 5.32 Å². The molecule has 82 valence electrons. The van der Waals surface area contributed by atoms with Gasteiger partial charge in [-0.25, -0.2) is 4.39 Å². The molecule has 1 fully saturated rings. The first-order chi connectivity index (χ1) is 7.25. The van der Waals surface area contributed by atoms with E-state index in [4.69, 9.17) is 0 Å². The van der Waals surface area contributed by atoms with Crippen LogP contribution in [0.4, 0.5) is 10.1 Å². The Morgan fingerprint density at radius 3 is 2.47 bits per heavy atom. The molecule has 0 heterocycles. The summed E-state index contributed by atoms with van der Waals surface area (Å²) < 4.78 is 13.6.